The number of alkyl halides is 2. The number of halogens is 2. The summed E-state index contributed by atoms with van der Waals surface area (Å²) in [4.78, 5) is 36.6. The number of aliphatic carboxylic acids is 1. The molecule has 2 unspecified atom stereocenters. The highest BCUT2D eigenvalue weighted by molar-refractivity contribution is 5.97. The molecule has 0 spiro atoms. The largest absolute Gasteiger partial charge is 0.480 e. The zero-order valence-corrected chi connectivity index (χ0v) is 15.9. The Kier molecular flexibility index (Phi) is 6.29. The van der Waals surface area contributed by atoms with E-state index in [0.717, 1.165) is 4.90 Å². The molecule has 7 nitrogen and oxygen atoms in total. The maximum absolute atomic E-state index is 14.2. The van der Waals surface area contributed by atoms with Crippen molar-refractivity contribution in [3.05, 3.63) is 60.2 Å². The first-order valence-electron chi connectivity index (χ1n) is 9.20. The van der Waals surface area contributed by atoms with Gasteiger partial charge in [-0.2, -0.15) is 0 Å². The highest BCUT2D eigenvalue weighted by Gasteiger charge is 2.49. The number of hydrogen-bond acceptors (Lipinski definition) is 4. The SMILES string of the molecule is O=C(NCC(=O)N1CC(F)(CF)CC1C(=O)O)c1ccc(Oc2ccccc2)cc1. The van der Waals surface area contributed by atoms with Crippen LogP contribution in [-0.2, 0) is 9.59 Å². The van der Waals surface area contributed by atoms with Gasteiger partial charge in [-0.1, -0.05) is 18.2 Å². The predicted molar refractivity (Wildman–Crippen MR) is 103 cm³/mol. The zero-order valence-electron chi connectivity index (χ0n) is 15.9. The average Bonchev–Trinajstić information content (AvgIpc) is 3.12. The van der Waals surface area contributed by atoms with Gasteiger partial charge in [-0.15, -0.1) is 0 Å². The Morgan fingerprint density at radius 1 is 1.10 bits per heavy atom. The average molecular weight is 418 g/mol. The molecule has 3 rings (SSSR count). The lowest BCUT2D eigenvalue weighted by molar-refractivity contribution is -0.147. The van der Waals surface area contributed by atoms with E-state index in [-0.39, 0.29) is 5.56 Å². The second-order valence-corrected chi connectivity index (χ2v) is 6.99. The summed E-state index contributed by atoms with van der Waals surface area (Å²) in [6.07, 6.45) is -0.624. The van der Waals surface area contributed by atoms with Crippen LogP contribution in [0.15, 0.2) is 54.6 Å². The maximum atomic E-state index is 14.2. The summed E-state index contributed by atoms with van der Waals surface area (Å²) >= 11 is 0. The summed E-state index contributed by atoms with van der Waals surface area (Å²) in [7, 11) is 0. The molecule has 0 aliphatic carbocycles. The first kappa shape index (κ1) is 21.2. The highest BCUT2D eigenvalue weighted by atomic mass is 19.2. The van der Waals surface area contributed by atoms with E-state index in [1.807, 2.05) is 18.2 Å². The van der Waals surface area contributed by atoms with Crippen molar-refractivity contribution in [1.29, 1.82) is 0 Å². The van der Waals surface area contributed by atoms with Gasteiger partial charge in [0.1, 0.15) is 24.2 Å². The summed E-state index contributed by atoms with van der Waals surface area (Å²) in [5.74, 6) is -1.64. The Morgan fingerprint density at radius 2 is 1.73 bits per heavy atom. The van der Waals surface area contributed by atoms with Gasteiger partial charge >= 0.3 is 5.97 Å². The standard InChI is InChI=1S/C21H20F2N2O5/c22-12-21(23)10-17(20(28)29)25(13-21)18(26)11-24-19(27)14-6-8-16(9-7-14)30-15-4-2-1-3-5-15/h1-9,17H,10-13H2,(H,24,27)(H,28,29). The third-order valence-electron chi connectivity index (χ3n) is 4.73. The molecule has 0 saturated carbocycles. The molecule has 1 aliphatic rings. The molecule has 30 heavy (non-hydrogen) atoms. The zero-order chi connectivity index (χ0) is 21.7. The topological polar surface area (TPSA) is 95.9 Å². The third kappa shape index (κ3) is 4.91. The number of carboxylic acids is 1. The molecule has 0 bridgehead atoms. The van der Waals surface area contributed by atoms with Crippen molar-refractivity contribution in [3.63, 3.8) is 0 Å². The molecule has 2 amide bonds. The number of likely N-dealkylation sites (tertiary alicyclic amines) is 1. The third-order valence-corrected chi connectivity index (χ3v) is 4.73. The molecule has 1 saturated heterocycles. The fourth-order valence-corrected chi connectivity index (χ4v) is 3.17. The fourth-order valence-electron chi connectivity index (χ4n) is 3.17. The van der Waals surface area contributed by atoms with Gasteiger partial charge in [-0.3, -0.25) is 9.59 Å². The number of ether oxygens (including phenoxy) is 1. The summed E-state index contributed by atoms with van der Waals surface area (Å²) in [6, 6.07) is 13.8. The molecule has 158 valence electrons. The molecule has 2 N–H and O–H groups in total. The Bertz CT molecular complexity index is 923. The molecule has 2 aromatic rings. The van der Waals surface area contributed by atoms with Crippen LogP contribution in [0, 0.1) is 0 Å². The molecule has 2 aromatic carbocycles. The second kappa shape index (κ2) is 8.89. The normalized spacial score (nSPS) is 20.6. The molecule has 0 aromatic heterocycles. The van der Waals surface area contributed by atoms with Crippen LogP contribution in [0.3, 0.4) is 0 Å². The minimum atomic E-state index is -2.39. The number of carbonyl (C=O) groups is 3. The number of carbonyl (C=O) groups excluding carboxylic acids is 2. The van der Waals surface area contributed by atoms with Crippen LogP contribution >= 0.6 is 0 Å². The van der Waals surface area contributed by atoms with Gasteiger partial charge in [0.25, 0.3) is 5.91 Å². The van der Waals surface area contributed by atoms with Crippen LogP contribution in [0.5, 0.6) is 11.5 Å². The van der Waals surface area contributed by atoms with Crippen molar-refractivity contribution in [2.24, 2.45) is 0 Å². The highest BCUT2D eigenvalue weighted by Crippen LogP contribution is 2.31. The van der Waals surface area contributed by atoms with Crippen LogP contribution in [0.4, 0.5) is 8.78 Å². The molecule has 2 atom stereocenters. The van der Waals surface area contributed by atoms with Crippen LogP contribution in [0.1, 0.15) is 16.8 Å². The van der Waals surface area contributed by atoms with Gasteiger partial charge in [0, 0.05) is 12.0 Å². The molecule has 1 heterocycles. The monoisotopic (exact) mass is 418 g/mol. The van der Waals surface area contributed by atoms with Gasteiger partial charge in [-0.05, 0) is 36.4 Å². The Morgan fingerprint density at radius 3 is 2.33 bits per heavy atom. The van der Waals surface area contributed by atoms with E-state index in [0.29, 0.717) is 11.5 Å². The maximum Gasteiger partial charge on any atom is 0.326 e. The van der Waals surface area contributed by atoms with Crippen LogP contribution < -0.4 is 10.1 Å². The number of hydrogen-bond donors (Lipinski definition) is 2. The number of carboxylic acid groups (broad SMARTS) is 1. The number of nitrogens with one attached hydrogen (secondary N) is 1. The van der Waals surface area contributed by atoms with E-state index >= 15 is 0 Å². The Hall–Kier alpha value is -3.49. The van der Waals surface area contributed by atoms with Gasteiger partial charge in [-0.25, -0.2) is 13.6 Å². The molecule has 1 fully saturated rings. The summed E-state index contributed by atoms with van der Waals surface area (Å²) in [5, 5.41) is 11.5. The van der Waals surface area contributed by atoms with Gasteiger partial charge in [0.2, 0.25) is 5.91 Å². The second-order valence-electron chi connectivity index (χ2n) is 6.99. The first-order chi connectivity index (χ1) is 14.3. The van der Waals surface area contributed by atoms with Crippen LogP contribution in [0.25, 0.3) is 0 Å². The minimum Gasteiger partial charge on any atom is -0.480 e. The number of rotatable bonds is 7. The van der Waals surface area contributed by atoms with Crippen molar-refractivity contribution in [2.45, 2.75) is 18.1 Å². The fraction of sp³-hybridized carbons (Fsp3) is 0.286. The summed E-state index contributed by atoms with van der Waals surface area (Å²) < 4.78 is 32.7. The van der Waals surface area contributed by atoms with E-state index in [4.69, 9.17) is 9.84 Å². The van der Waals surface area contributed by atoms with E-state index < -0.39 is 55.7 Å². The predicted octanol–water partition coefficient (Wildman–Crippen LogP) is 2.57. The lowest BCUT2D eigenvalue weighted by Crippen LogP contribution is -2.46. The smallest absolute Gasteiger partial charge is 0.326 e. The number of amides is 2. The van der Waals surface area contributed by atoms with Gasteiger partial charge < -0.3 is 20.1 Å². The number of nitrogens with zero attached hydrogens (tertiary/aromatic N) is 1. The van der Waals surface area contributed by atoms with E-state index in [2.05, 4.69) is 5.32 Å². The molecule has 0 radical (unpaired) electrons. The van der Waals surface area contributed by atoms with E-state index in [1.165, 1.54) is 12.1 Å². The molecule has 1 aliphatic heterocycles. The number of para-hydroxylation sites is 1. The van der Waals surface area contributed by atoms with Crippen LogP contribution in [-0.4, -0.2) is 59.3 Å². The molecule has 9 heteroatoms. The van der Waals surface area contributed by atoms with Crippen molar-refractivity contribution in [2.75, 3.05) is 19.8 Å². The first-order valence-corrected chi connectivity index (χ1v) is 9.20. The number of benzene rings is 2. The van der Waals surface area contributed by atoms with Crippen molar-refractivity contribution >= 4 is 17.8 Å². The van der Waals surface area contributed by atoms with Gasteiger partial charge in [0.15, 0.2) is 5.67 Å². The summed E-state index contributed by atoms with van der Waals surface area (Å²) in [5.41, 5.74) is -2.14. The van der Waals surface area contributed by atoms with Crippen LogP contribution in [0.2, 0.25) is 0 Å². The quantitative estimate of drug-likeness (QED) is 0.721. The van der Waals surface area contributed by atoms with Crippen molar-refractivity contribution < 1.29 is 33.0 Å². The lowest BCUT2D eigenvalue weighted by Gasteiger charge is -2.21. The van der Waals surface area contributed by atoms with Crippen molar-refractivity contribution in [3.8, 4) is 11.5 Å². The van der Waals surface area contributed by atoms with Gasteiger partial charge in [0.05, 0.1) is 13.1 Å². The molecular weight excluding hydrogens is 398 g/mol. The lowest BCUT2D eigenvalue weighted by atomic mass is 10.0. The Labute approximate surface area is 171 Å². The van der Waals surface area contributed by atoms with Crippen molar-refractivity contribution in [1.82, 2.24) is 10.2 Å². The van der Waals surface area contributed by atoms with E-state index in [1.54, 1.807) is 24.3 Å². The Balaban J connectivity index is 1.57. The summed E-state index contributed by atoms with van der Waals surface area (Å²) in [6.45, 7) is -2.59. The van der Waals surface area contributed by atoms with E-state index in [9.17, 15) is 23.2 Å². The minimum absolute atomic E-state index is 0.253. The molecular formula is C21H20F2N2O5.